The second-order valence-corrected chi connectivity index (χ2v) is 6.60. The molecule has 1 N–H and O–H groups in total. The minimum Gasteiger partial charge on any atom is -0.497 e. The molecule has 0 aliphatic carbocycles. The lowest BCUT2D eigenvalue weighted by molar-refractivity contribution is -0.128. The van der Waals surface area contributed by atoms with Gasteiger partial charge in [-0.15, -0.1) is 0 Å². The third-order valence-electron chi connectivity index (χ3n) is 4.73. The summed E-state index contributed by atoms with van der Waals surface area (Å²) in [6.45, 7) is 3.71. The van der Waals surface area contributed by atoms with Crippen LogP contribution < -0.4 is 10.1 Å². The first-order valence-corrected chi connectivity index (χ1v) is 9.26. The number of carbonyl (C=O) groups excluding carboxylic acids is 1. The molecule has 0 unspecified atom stereocenters. The molecule has 2 aromatic carbocycles. The number of nitrogens with one attached hydrogen (secondary N) is 1. The topological polar surface area (TPSA) is 68.6 Å². The van der Waals surface area contributed by atoms with Crippen LogP contribution in [0.1, 0.15) is 5.56 Å². The highest BCUT2D eigenvalue weighted by Crippen LogP contribution is 2.16. The second kappa shape index (κ2) is 9.58. The van der Waals surface area contributed by atoms with Crippen molar-refractivity contribution in [2.24, 2.45) is 0 Å². The van der Waals surface area contributed by atoms with Gasteiger partial charge in [-0.3, -0.25) is 9.69 Å². The van der Waals surface area contributed by atoms with Crippen LogP contribution in [-0.2, 0) is 11.3 Å². The molecule has 0 saturated carbocycles. The van der Waals surface area contributed by atoms with Crippen molar-refractivity contribution in [1.29, 1.82) is 5.26 Å². The zero-order chi connectivity index (χ0) is 19.8. The van der Waals surface area contributed by atoms with Crippen molar-refractivity contribution in [2.45, 2.75) is 6.54 Å². The molecular weight excluding hydrogens is 352 g/mol. The summed E-state index contributed by atoms with van der Waals surface area (Å²) in [6.07, 6.45) is 1.47. The molecule has 1 heterocycles. The molecule has 0 spiro atoms. The average Bonchev–Trinajstić information content (AvgIpc) is 2.75. The maximum absolute atomic E-state index is 12.7. The average molecular weight is 376 g/mol. The standard InChI is InChI=1S/C22H24N4O2/c1-28-21-9-7-20(8-10-21)24-16-19(15-23)22(27)26-13-11-25(12-14-26)17-18-5-3-2-4-6-18/h2-10,16,24H,11-14,17H2,1H3/b19-16-. The highest BCUT2D eigenvalue weighted by molar-refractivity contribution is 5.97. The molecule has 0 radical (unpaired) electrons. The molecule has 0 aromatic heterocycles. The molecule has 1 saturated heterocycles. The van der Waals surface area contributed by atoms with Gasteiger partial charge in [0.05, 0.1) is 7.11 Å². The fraction of sp³-hybridized carbons (Fsp3) is 0.273. The third kappa shape index (κ3) is 5.12. The Balaban J connectivity index is 1.54. The zero-order valence-corrected chi connectivity index (χ0v) is 16.0. The normalized spacial score (nSPS) is 15.0. The van der Waals surface area contributed by atoms with Crippen molar-refractivity contribution in [2.75, 3.05) is 38.6 Å². The Labute approximate surface area is 165 Å². The number of methoxy groups -OCH3 is 1. The van der Waals surface area contributed by atoms with Gasteiger partial charge in [0.15, 0.2) is 0 Å². The number of piperazine rings is 1. The van der Waals surface area contributed by atoms with E-state index in [1.54, 1.807) is 12.0 Å². The Hall–Kier alpha value is -3.30. The van der Waals surface area contributed by atoms with E-state index in [2.05, 4.69) is 22.3 Å². The van der Waals surface area contributed by atoms with E-state index < -0.39 is 0 Å². The SMILES string of the molecule is COc1ccc(N/C=C(/C#N)C(=O)N2CCN(Cc3ccccc3)CC2)cc1. The first kappa shape index (κ1) is 19.5. The predicted octanol–water partition coefficient (Wildman–Crippen LogP) is 2.86. The molecule has 2 aromatic rings. The maximum Gasteiger partial charge on any atom is 0.266 e. The summed E-state index contributed by atoms with van der Waals surface area (Å²) in [5.41, 5.74) is 2.16. The number of ether oxygens (including phenoxy) is 1. The van der Waals surface area contributed by atoms with Gasteiger partial charge in [-0.2, -0.15) is 5.26 Å². The molecule has 1 aliphatic rings. The van der Waals surface area contributed by atoms with Gasteiger partial charge < -0.3 is 15.0 Å². The van der Waals surface area contributed by atoms with E-state index in [4.69, 9.17) is 4.74 Å². The number of amides is 1. The van der Waals surface area contributed by atoms with Crippen molar-refractivity contribution in [3.05, 3.63) is 71.9 Å². The number of nitriles is 1. The highest BCUT2D eigenvalue weighted by Gasteiger charge is 2.23. The van der Waals surface area contributed by atoms with E-state index in [1.165, 1.54) is 11.8 Å². The molecule has 144 valence electrons. The summed E-state index contributed by atoms with van der Waals surface area (Å²) >= 11 is 0. The lowest BCUT2D eigenvalue weighted by Crippen LogP contribution is -2.48. The lowest BCUT2D eigenvalue weighted by atomic mass is 10.2. The third-order valence-corrected chi connectivity index (χ3v) is 4.73. The molecule has 1 fully saturated rings. The van der Waals surface area contributed by atoms with E-state index in [0.29, 0.717) is 13.1 Å². The van der Waals surface area contributed by atoms with Gasteiger partial charge in [-0.05, 0) is 29.8 Å². The molecule has 28 heavy (non-hydrogen) atoms. The van der Waals surface area contributed by atoms with Crippen LogP contribution in [0.4, 0.5) is 5.69 Å². The summed E-state index contributed by atoms with van der Waals surface area (Å²) in [4.78, 5) is 16.7. The van der Waals surface area contributed by atoms with Crippen LogP contribution in [0.3, 0.4) is 0 Å². The van der Waals surface area contributed by atoms with Gasteiger partial charge >= 0.3 is 0 Å². The molecule has 0 atom stereocenters. The Morgan fingerprint density at radius 2 is 1.79 bits per heavy atom. The van der Waals surface area contributed by atoms with Crippen molar-refractivity contribution >= 4 is 11.6 Å². The Kier molecular flexibility index (Phi) is 6.66. The van der Waals surface area contributed by atoms with Crippen molar-refractivity contribution in [3.63, 3.8) is 0 Å². The van der Waals surface area contributed by atoms with Gasteiger partial charge in [0, 0.05) is 44.6 Å². The van der Waals surface area contributed by atoms with Gasteiger partial charge in [0.2, 0.25) is 0 Å². The van der Waals surface area contributed by atoms with Crippen LogP contribution in [0.25, 0.3) is 0 Å². The fourth-order valence-corrected chi connectivity index (χ4v) is 3.11. The van der Waals surface area contributed by atoms with Crippen molar-refractivity contribution in [1.82, 2.24) is 9.80 Å². The molecule has 6 nitrogen and oxygen atoms in total. The molecule has 0 bridgehead atoms. The summed E-state index contributed by atoms with van der Waals surface area (Å²) in [6, 6.07) is 19.6. The Bertz CT molecular complexity index is 848. The predicted molar refractivity (Wildman–Crippen MR) is 109 cm³/mol. The number of anilines is 1. The van der Waals surface area contributed by atoms with Crippen LogP contribution in [-0.4, -0.2) is 49.0 Å². The van der Waals surface area contributed by atoms with E-state index in [0.717, 1.165) is 31.1 Å². The summed E-state index contributed by atoms with van der Waals surface area (Å²) in [7, 11) is 1.61. The fourth-order valence-electron chi connectivity index (χ4n) is 3.11. The molecule has 6 heteroatoms. The summed E-state index contributed by atoms with van der Waals surface area (Å²) < 4.78 is 5.12. The lowest BCUT2D eigenvalue weighted by Gasteiger charge is -2.34. The van der Waals surface area contributed by atoms with E-state index in [-0.39, 0.29) is 11.5 Å². The zero-order valence-electron chi connectivity index (χ0n) is 16.0. The Morgan fingerprint density at radius 3 is 2.39 bits per heavy atom. The minimum absolute atomic E-state index is 0.104. The van der Waals surface area contributed by atoms with Crippen LogP contribution in [0.5, 0.6) is 5.75 Å². The molecule has 3 rings (SSSR count). The van der Waals surface area contributed by atoms with E-state index in [1.807, 2.05) is 48.5 Å². The Morgan fingerprint density at radius 1 is 1.11 bits per heavy atom. The largest absolute Gasteiger partial charge is 0.497 e. The quantitative estimate of drug-likeness (QED) is 0.620. The number of carbonyl (C=O) groups is 1. The highest BCUT2D eigenvalue weighted by atomic mass is 16.5. The maximum atomic E-state index is 12.7. The number of hydrogen-bond acceptors (Lipinski definition) is 5. The molecular formula is C22H24N4O2. The number of nitrogens with zero attached hydrogens (tertiary/aromatic N) is 3. The minimum atomic E-state index is -0.233. The van der Waals surface area contributed by atoms with Crippen LogP contribution in [0, 0.1) is 11.3 Å². The van der Waals surface area contributed by atoms with E-state index in [9.17, 15) is 10.1 Å². The van der Waals surface area contributed by atoms with Crippen LogP contribution in [0.15, 0.2) is 66.4 Å². The second-order valence-electron chi connectivity index (χ2n) is 6.60. The van der Waals surface area contributed by atoms with Crippen molar-refractivity contribution in [3.8, 4) is 11.8 Å². The first-order valence-electron chi connectivity index (χ1n) is 9.26. The smallest absolute Gasteiger partial charge is 0.266 e. The summed E-state index contributed by atoms with van der Waals surface area (Å²) in [5.74, 6) is 0.516. The van der Waals surface area contributed by atoms with Gasteiger partial charge in [0.1, 0.15) is 17.4 Å². The molecule has 1 aliphatic heterocycles. The van der Waals surface area contributed by atoms with Gasteiger partial charge in [-0.25, -0.2) is 0 Å². The molecule has 1 amide bonds. The van der Waals surface area contributed by atoms with Crippen molar-refractivity contribution < 1.29 is 9.53 Å². The first-order chi connectivity index (χ1) is 13.7. The van der Waals surface area contributed by atoms with Crippen LogP contribution in [0.2, 0.25) is 0 Å². The number of benzene rings is 2. The monoisotopic (exact) mass is 376 g/mol. The summed E-state index contributed by atoms with van der Waals surface area (Å²) in [5, 5.41) is 12.4. The number of hydrogen-bond donors (Lipinski definition) is 1. The van der Waals surface area contributed by atoms with Gasteiger partial charge in [0.25, 0.3) is 5.91 Å². The van der Waals surface area contributed by atoms with Crippen LogP contribution >= 0.6 is 0 Å². The van der Waals surface area contributed by atoms with Gasteiger partial charge in [-0.1, -0.05) is 30.3 Å². The number of rotatable bonds is 6. The van der Waals surface area contributed by atoms with E-state index >= 15 is 0 Å².